The van der Waals surface area contributed by atoms with Crippen LogP contribution in [0.15, 0.2) is 18.2 Å². The summed E-state index contributed by atoms with van der Waals surface area (Å²) in [4.78, 5) is 14.4. The lowest BCUT2D eigenvalue weighted by molar-refractivity contribution is 0.0603. The number of carbonyl (C=O) groups is 1. The van der Waals surface area contributed by atoms with Crippen LogP contribution in [0.4, 0.5) is 5.82 Å². The minimum absolute atomic E-state index is 0.258. The van der Waals surface area contributed by atoms with Crippen LogP contribution >= 0.6 is 0 Å². The SMILES string of the molecule is COC(=O)c1cccc2[nH]c(N)c(C#N)c12. The number of rotatable bonds is 1. The highest BCUT2D eigenvalue weighted by molar-refractivity contribution is 6.07. The van der Waals surface area contributed by atoms with Gasteiger partial charge in [0.1, 0.15) is 17.5 Å². The first-order chi connectivity index (χ1) is 7.69. The summed E-state index contributed by atoms with van der Waals surface area (Å²) in [7, 11) is 1.29. The molecule has 1 aromatic heterocycles. The summed E-state index contributed by atoms with van der Waals surface area (Å²) in [6.45, 7) is 0. The van der Waals surface area contributed by atoms with Crippen LogP contribution < -0.4 is 5.73 Å². The zero-order chi connectivity index (χ0) is 11.7. The molecular weight excluding hydrogens is 206 g/mol. The van der Waals surface area contributed by atoms with Gasteiger partial charge in [-0.2, -0.15) is 5.26 Å². The summed E-state index contributed by atoms with van der Waals surface area (Å²) >= 11 is 0. The normalized spacial score (nSPS) is 10.0. The molecule has 0 bridgehead atoms. The van der Waals surface area contributed by atoms with Gasteiger partial charge >= 0.3 is 5.97 Å². The Bertz CT molecular complexity index is 607. The summed E-state index contributed by atoms with van der Waals surface area (Å²) in [5.74, 6) is -0.227. The summed E-state index contributed by atoms with van der Waals surface area (Å²) in [6, 6.07) is 7.02. The van der Waals surface area contributed by atoms with Crippen molar-refractivity contribution in [2.24, 2.45) is 0 Å². The summed E-state index contributed by atoms with van der Waals surface area (Å²) in [6.07, 6.45) is 0. The molecule has 2 rings (SSSR count). The first kappa shape index (κ1) is 10.1. The van der Waals surface area contributed by atoms with E-state index in [1.54, 1.807) is 18.2 Å². The maximum absolute atomic E-state index is 11.5. The molecule has 5 heteroatoms. The molecule has 0 saturated carbocycles. The molecule has 0 fully saturated rings. The van der Waals surface area contributed by atoms with Gasteiger partial charge in [0.05, 0.1) is 12.7 Å². The largest absolute Gasteiger partial charge is 0.465 e. The van der Waals surface area contributed by atoms with Gasteiger partial charge in [0.2, 0.25) is 0 Å². The molecule has 0 amide bonds. The second kappa shape index (κ2) is 3.59. The fraction of sp³-hybridized carbons (Fsp3) is 0.0909. The molecule has 3 N–H and O–H groups in total. The maximum atomic E-state index is 11.5. The van der Waals surface area contributed by atoms with E-state index in [0.29, 0.717) is 16.5 Å². The van der Waals surface area contributed by atoms with Crippen LogP contribution in [0.2, 0.25) is 0 Å². The number of esters is 1. The number of ether oxygens (including phenoxy) is 1. The number of nitrogen functional groups attached to an aromatic ring is 1. The van der Waals surface area contributed by atoms with Crippen LogP contribution in [0, 0.1) is 11.3 Å². The molecular formula is C11H9N3O2. The lowest BCUT2D eigenvalue weighted by atomic mass is 10.1. The van der Waals surface area contributed by atoms with Crippen LogP contribution in [0.25, 0.3) is 10.9 Å². The number of methoxy groups -OCH3 is 1. The third-order valence-corrected chi connectivity index (χ3v) is 2.37. The number of H-pyrrole nitrogens is 1. The van der Waals surface area contributed by atoms with E-state index >= 15 is 0 Å². The second-order valence-electron chi connectivity index (χ2n) is 3.25. The molecule has 80 valence electrons. The number of fused-ring (bicyclic) bond motifs is 1. The van der Waals surface area contributed by atoms with Gasteiger partial charge in [-0.1, -0.05) is 6.07 Å². The van der Waals surface area contributed by atoms with Gasteiger partial charge < -0.3 is 15.5 Å². The fourth-order valence-corrected chi connectivity index (χ4v) is 1.66. The predicted octanol–water partition coefficient (Wildman–Crippen LogP) is 1.41. The number of nitrogens with zero attached hydrogens (tertiary/aromatic N) is 1. The molecule has 16 heavy (non-hydrogen) atoms. The number of nitrogens with one attached hydrogen (secondary N) is 1. The Hall–Kier alpha value is -2.48. The van der Waals surface area contributed by atoms with Gasteiger partial charge in [-0.05, 0) is 12.1 Å². The Labute approximate surface area is 91.4 Å². The Balaban J connectivity index is 2.86. The van der Waals surface area contributed by atoms with E-state index in [2.05, 4.69) is 9.72 Å². The highest BCUT2D eigenvalue weighted by Gasteiger charge is 2.17. The van der Waals surface area contributed by atoms with E-state index in [1.807, 2.05) is 6.07 Å². The summed E-state index contributed by atoms with van der Waals surface area (Å²) in [5, 5.41) is 9.49. The fourth-order valence-electron chi connectivity index (χ4n) is 1.66. The second-order valence-corrected chi connectivity index (χ2v) is 3.25. The molecule has 2 aromatic rings. The topological polar surface area (TPSA) is 91.9 Å². The number of benzene rings is 1. The number of aromatic amines is 1. The van der Waals surface area contributed by atoms with Gasteiger partial charge in [-0.25, -0.2) is 4.79 Å². The van der Waals surface area contributed by atoms with E-state index in [9.17, 15) is 4.79 Å². The Kier molecular flexibility index (Phi) is 2.25. The standard InChI is InChI=1S/C11H9N3O2/c1-16-11(15)6-3-2-4-8-9(6)7(5-12)10(13)14-8/h2-4,14H,13H2,1H3. The highest BCUT2D eigenvalue weighted by atomic mass is 16.5. The van der Waals surface area contributed by atoms with Gasteiger partial charge in [-0.3, -0.25) is 0 Å². The molecule has 1 heterocycles. The molecule has 0 radical (unpaired) electrons. The van der Waals surface area contributed by atoms with E-state index < -0.39 is 5.97 Å². The average Bonchev–Trinajstić information content (AvgIpc) is 2.63. The predicted molar refractivity (Wildman–Crippen MR) is 58.8 cm³/mol. The van der Waals surface area contributed by atoms with Crippen molar-refractivity contribution >= 4 is 22.7 Å². The van der Waals surface area contributed by atoms with Crippen LogP contribution in [-0.4, -0.2) is 18.1 Å². The van der Waals surface area contributed by atoms with Crippen molar-refractivity contribution in [1.82, 2.24) is 4.98 Å². The average molecular weight is 215 g/mol. The lowest BCUT2D eigenvalue weighted by Gasteiger charge is -2.00. The molecule has 0 unspecified atom stereocenters. The van der Waals surface area contributed by atoms with Gasteiger partial charge in [0, 0.05) is 10.9 Å². The minimum atomic E-state index is -0.485. The number of anilines is 1. The monoisotopic (exact) mass is 215 g/mol. The van der Waals surface area contributed by atoms with Crippen molar-refractivity contribution in [3.63, 3.8) is 0 Å². The number of carbonyl (C=O) groups excluding carboxylic acids is 1. The van der Waals surface area contributed by atoms with Crippen LogP contribution in [-0.2, 0) is 4.74 Å². The maximum Gasteiger partial charge on any atom is 0.338 e. The van der Waals surface area contributed by atoms with Crippen molar-refractivity contribution in [1.29, 1.82) is 5.26 Å². The van der Waals surface area contributed by atoms with Crippen LogP contribution in [0.1, 0.15) is 15.9 Å². The number of hydrogen-bond donors (Lipinski definition) is 2. The summed E-state index contributed by atoms with van der Waals surface area (Å²) in [5.41, 5.74) is 6.91. The number of nitrogens with two attached hydrogens (primary N) is 1. The smallest absolute Gasteiger partial charge is 0.338 e. The molecule has 0 aliphatic heterocycles. The third kappa shape index (κ3) is 1.28. The number of nitriles is 1. The highest BCUT2D eigenvalue weighted by Crippen LogP contribution is 2.27. The van der Waals surface area contributed by atoms with Crippen molar-refractivity contribution in [3.8, 4) is 6.07 Å². The van der Waals surface area contributed by atoms with Crippen molar-refractivity contribution in [2.45, 2.75) is 0 Å². The quantitative estimate of drug-likeness (QED) is 0.703. The summed E-state index contributed by atoms with van der Waals surface area (Å²) < 4.78 is 4.65. The van der Waals surface area contributed by atoms with Gasteiger partial charge in [0.15, 0.2) is 0 Å². The third-order valence-electron chi connectivity index (χ3n) is 2.37. The van der Waals surface area contributed by atoms with Crippen LogP contribution in [0.5, 0.6) is 0 Å². The van der Waals surface area contributed by atoms with Gasteiger partial charge in [-0.15, -0.1) is 0 Å². The molecule has 5 nitrogen and oxygen atoms in total. The number of hydrogen-bond acceptors (Lipinski definition) is 4. The molecule has 0 atom stereocenters. The zero-order valence-electron chi connectivity index (χ0n) is 8.57. The Morgan fingerprint density at radius 3 is 2.94 bits per heavy atom. The first-order valence-corrected chi connectivity index (χ1v) is 4.57. The van der Waals surface area contributed by atoms with E-state index in [-0.39, 0.29) is 11.4 Å². The zero-order valence-corrected chi connectivity index (χ0v) is 8.57. The lowest BCUT2D eigenvalue weighted by Crippen LogP contribution is -2.01. The van der Waals surface area contributed by atoms with Crippen molar-refractivity contribution in [3.05, 3.63) is 29.3 Å². The first-order valence-electron chi connectivity index (χ1n) is 4.57. The van der Waals surface area contributed by atoms with E-state index in [4.69, 9.17) is 11.0 Å². The molecule has 1 aromatic carbocycles. The van der Waals surface area contributed by atoms with Gasteiger partial charge in [0.25, 0.3) is 0 Å². The number of aromatic nitrogens is 1. The minimum Gasteiger partial charge on any atom is -0.465 e. The molecule has 0 aliphatic carbocycles. The van der Waals surface area contributed by atoms with E-state index in [1.165, 1.54) is 7.11 Å². The van der Waals surface area contributed by atoms with Crippen LogP contribution in [0.3, 0.4) is 0 Å². The van der Waals surface area contributed by atoms with Crippen molar-refractivity contribution in [2.75, 3.05) is 12.8 Å². The molecule has 0 spiro atoms. The molecule has 0 saturated heterocycles. The molecule has 0 aliphatic rings. The Morgan fingerprint density at radius 2 is 2.31 bits per heavy atom. The van der Waals surface area contributed by atoms with Crippen molar-refractivity contribution < 1.29 is 9.53 Å². The van der Waals surface area contributed by atoms with E-state index in [0.717, 1.165) is 0 Å². The Morgan fingerprint density at radius 1 is 1.56 bits per heavy atom.